The maximum atomic E-state index is 6.12. The Morgan fingerprint density at radius 2 is 1.19 bits per heavy atom. The number of rotatable bonds is 3. The van der Waals surface area contributed by atoms with E-state index in [1.54, 1.807) is 0 Å². The molecular weight excluding hydrogens is 438 g/mol. The van der Waals surface area contributed by atoms with Gasteiger partial charge in [-0.25, -0.2) is 0 Å². The highest BCUT2D eigenvalue weighted by Gasteiger charge is 2.35. The lowest BCUT2D eigenvalue weighted by molar-refractivity contribution is 0.660. The van der Waals surface area contributed by atoms with Gasteiger partial charge in [-0.2, -0.15) is 0 Å². The lowest BCUT2D eigenvalue weighted by Gasteiger charge is -2.28. The van der Waals surface area contributed by atoms with Gasteiger partial charge in [0.15, 0.2) is 0 Å². The minimum Gasteiger partial charge on any atom is -0.456 e. The van der Waals surface area contributed by atoms with Gasteiger partial charge < -0.3 is 9.32 Å². The van der Waals surface area contributed by atoms with Crippen molar-refractivity contribution in [3.05, 3.63) is 126 Å². The van der Waals surface area contributed by atoms with Gasteiger partial charge in [-0.15, -0.1) is 0 Å². The van der Waals surface area contributed by atoms with E-state index in [1.807, 2.05) is 12.1 Å². The lowest BCUT2D eigenvalue weighted by Crippen LogP contribution is -2.16. The summed E-state index contributed by atoms with van der Waals surface area (Å²) in [6, 6.07) is 39.3. The van der Waals surface area contributed by atoms with Gasteiger partial charge in [0.05, 0.1) is 0 Å². The third-order valence-corrected chi connectivity index (χ3v) is 7.74. The van der Waals surface area contributed by atoms with Crippen LogP contribution in [0, 0.1) is 6.92 Å². The maximum Gasteiger partial charge on any atom is 0.135 e. The number of para-hydroxylation sites is 1. The molecule has 174 valence electrons. The zero-order chi connectivity index (χ0) is 24.4. The van der Waals surface area contributed by atoms with E-state index in [4.69, 9.17) is 4.42 Å². The molecule has 6 aromatic rings. The first-order valence-corrected chi connectivity index (χ1v) is 12.5. The number of anilines is 3. The molecule has 0 bridgehead atoms. The van der Waals surface area contributed by atoms with E-state index in [0.29, 0.717) is 0 Å². The van der Waals surface area contributed by atoms with Crippen LogP contribution in [-0.2, 0) is 5.41 Å². The summed E-state index contributed by atoms with van der Waals surface area (Å²) in [7, 11) is 0. The standard InChI is InChI=1S/C34H27NO/c1-22-12-14-23(15-13-22)35(24-17-19-33-29(20-24)28-9-5-7-11-32(28)36-33)25-16-18-27-26-8-4-6-10-30(26)34(2,3)31(27)21-25/h4-21H,1-3H3. The summed E-state index contributed by atoms with van der Waals surface area (Å²) >= 11 is 0. The van der Waals surface area contributed by atoms with Crippen LogP contribution in [0.4, 0.5) is 17.1 Å². The van der Waals surface area contributed by atoms with Gasteiger partial charge in [-0.3, -0.25) is 0 Å². The van der Waals surface area contributed by atoms with Crippen LogP contribution >= 0.6 is 0 Å². The second-order valence-electron chi connectivity index (χ2n) is 10.4. The van der Waals surface area contributed by atoms with Gasteiger partial charge in [-0.05, 0) is 77.7 Å². The molecule has 0 saturated carbocycles. The van der Waals surface area contributed by atoms with Crippen LogP contribution < -0.4 is 4.90 Å². The van der Waals surface area contributed by atoms with Crippen molar-refractivity contribution in [3.8, 4) is 11.1 Å². The summed E-state index contributed by atoms with van der Waals surface area (Å²) < 4.78 is 6.12. The molecule has 36 heavy (non-hydrogen) atoms. The van der Waals surface area contributed by atoms with Crippen LogP contribution in [0.3, 0.4) is 0 Å². The van der Waals surface area contributed by atoms with E-state index in [9.17, 15) is 0 Å². The first kappa shape index (κ1) is 21.0. The summed E-state index contributed by atoms with van der Waals surface area (Å²) in [6.45, 7) is 6.80. The molecule has 1 aliphatic carbocycles. The average Bonchev–Trinajstić information content (AvgIpc) is 3.38. The van der Waals surface area contributed by atoms with Crippen molar-refractivity contribution in [1.29, 1.82) is 0 Å². The Morgan fingerprint density at radius 3 is 2.06 bits per heavy atom. The van der Waals surface area contributed by atoms with Crippen LogP contribution in [0.15, 0.2) is 114 Å². The smallest absolute Gasteiger partial charge is 0.135 e. The van der Waals surface area contributed by atoms with Crippen molar-refractivity contribution in [3.63, 3.8) is 0 Å². The molecule has 0 N–H and O–H groups in total. The Labute approximate surface area is 211 Å². The van der Waals surface area contributed by atoms with Crippen LogP contribution in [0.1, 0.15) is 30.5 Å². The fourth-order valence-electron chi connectivity index (χ4n) is 5.83. The SMILES string of the molecule is Cc1ccc(N(c2ccc3c(c2)C(C)(C)c2ccccc2-3)c2ccc3oc4ccccc4c3c2)cc1. The average molecular weight is 466 g/mol. The molecule has 0 radical (unpaired) electrons. The molecule has 1 aromatic heterocycles. The highest BCUT2D eigenvalue weighted by Crippen LogP contribution is 2.50. The van der Waals surface area contributed by atoms with Gasteiger partial charge in [0.25, 0.3) is 0 Å². The summed E-state index contributed by atoms with van der Waals surface area (Å²) in [5, 5.41) is 2.28. The fourth-order valence-corrected chi connectivity index (χ4v) is 5.83. The largest absolute Gasteiger partial charge is 0.456 e. The normalized spacial score (nSPS) is 13.6. The number of nitrogens with zero attached hydrogens (tertiary/aromatic N) is 1. The molecule has 7 rings (SSSR count). The minimum atomic E-state index is -0.0500. The molecular formula is C34H27NO. The van der Waals surface area contributed by atoms with E-state index in [2.05, 4.69) is 123 Å². The van der Waals surface area contributed by atoms with Gasteiger partial charge in [0.2, 0.25) is 0 Å². The first-order valence-electron chi connectivity index (χ1n) is 12.5. The van der Waals surface area contributed by atoms with E-state index in [0.717, 1.165) is 39.0 Å². The van der Waals surface area contributed by atoms with Crippen molar-refractivity contribution in [2.24, 2.45) is 0 Å². The second-order valence-corrected chi connectivity index (χ2v) is 10.4. The lowest BCUT2D eigenvalue weighted by atomic mass is 9.82. The van der Waals surface area contributed by atoms with Crippen molar-refractivity contribution in [2.45, 2.75) is 26.2 Å². The molecule has 0 fully saturated rings. The fraction of sp³-hybridized carbons (Fsp3) is 0.118. The monoisotopic (exact) mass is 465 g/mol. The Morgan fingerprint density at radius 1 is 0.556 bits per heavy atom. The topological polar surface area (TPSA) is 16.4 Å². The number of hydrogen-bond donors (Lipinski definition) is 0. The summed E-state index contributed by atoms with van der Waals surface area (Å²) in [5.74, 6) is 0. The number of hydrogen-bond acceptors (Lipinski definition) is 2. The van der Waals surface area contributed by atoms with E-state index < -0.39 is 0 Å². The van der Waals surface area contributed by atoms with Crippen molar-refractivity contribution >= 4 is 39.0 Å². The van der Waals surface area contributed by atoms with Gasteiger partial charge in [-0.1, -0.05) is 80.1 Å². The number of benzene rings is 5. The Balaban J connectivity index is 1.44. The molecule has 5 aromatic carbocycles. The molecule has 0 saturated heterocycles. The number of fused-ring (bicyclic) bond motifs is 6. The number of aryl methyl sites for hydroxylation is 1. The van der Waals surface area contributed by atoms with Crippen molar-refractivity contribution in [2.75, 3.05) is 4.90 Å². The zero-order valence-corrected chi connectivity index (χ0v) is 20.7. The predicted molar refractivity (Wildman–Crippen MR) is 151 cm³/mol. The van der Waals surface area contributed by atoms with Crippen molar-refractivity contribution in [1.82, 2.24) is 0 Å². The maximum absolute atomic E-state index is 6.12. The summed E-state index contributed by atoms with van der Waals surface area (Å²) in [6.07, 6.45) is 0. The molecule has 2 nitrogen and oxygen atoms in total. The molecule has 0 atom stereocenters. The van der Waals surface area contributed by atoms with E-state index >= 15 is 0 Å². The van der Waals surface area contributed by atoms with E-state index in [-0.39, 0.29) is 5.41 Å². The third kappa shape index (κ3) is 3.04. The molecule has 0 unspecified atom stereocenters. The molecule has 0 spiro atoms. The molecule has 2 heteroatoms. The summed E-state index contributed by atoms with van der Waals surface area (Å²) in [5.41, 5.74) is 11.9. The summed E-state index contributed by atoms with van der Waals surface area (Å²) in [4.78, 5) is 2.36. The van der Waals surface area contributed by atoms with Crippen LogP contribution in [-0.4, -0.2) is 0 Å². The quantitative estimate of drug-likeness (QED) is 0.259. The highest BCUT2D eigenvalue weighted by atomic mass is 16.3. The Kier molecular flexibility index (Phi) is 4.44. The number of furan rings is 1. The minimum absolute atomic E-state index is 0.0500. The van der Waals surface area contributed by atoms with Gasteiger partial charge in [0, 0.05) is 33.2 Å². The Bertz CT molecular complexity index is 1770. The third-order valence-electron chi connectivity index (χ3n) is 7.74. The molecule has 1 heterocycles. The highest BCUT2D eigenvalue weighted by molar-refractivity contribution is 6.06. The molecule has 0 aliphatic heterocycles. The predicted octanol–water partition coefficient (Wildman–Crippen LogP) is 9.67. The van der Waals surface area contributed by atoms with Gasteiger partial charge >= 0.3 is 0 Å². The second kappa shape index (κ2) is 7.60. The van der Waals surface area contributed by atoms with Crippen LogP contribution in [0.5, 0.6) is 0 Å². The first-order chi connectivity index (χ1) is 17.5. The van der Waals surface area contributed by atoms with Crippen LogP contribution in [0.25, 0.3) is 33.1 Å². The Hall–Kier alpha value is -4.30. The molecule has 0 amide bonds. The molecule has 1 aliphatic rings. The van der Waals surface area contributed by atoms with E-state index in [1.165, 1.54) is 27.8 Å². The van der Waals surface area contributed by atoms with Crippen molar-refractivity contribution < 1.29 is 4.42 Å². The van der Waals surface area contributed by atoms with Crippen LogP contribution in [0.2, 0.25) is 0 Å². The zero-order valence-electron chi connectivity index (χ0n) is 20.7. The van der Waals surface area contributed by atoms with Gasteiger partial charge in [0.1, 0.15) is 11.2 Å².